The summed E-state index contributed by atoms with van der Waals surface area (Å²) in [7, 11) is 1.07. The smallest absolute Gasteiger partial charge is 0.244 e. The van der Waals surface area contributed by atoms with Gasteiger partial charge in [0.25, 0.3) is 0 Å². The molecule has 0 radical (unpaired) electrons. The monoisotopic (exact) mass is 390 g/mol. The van der Waals surface area contributed by atoms with Crippen LogP contribution in [-0.4, -0.2) is 34.3 Å². The van der Waals surface area contributed by atoms with Gasteiger partial charge in [-0.05, 0) is 32.4 Å². The maximum absolute atomic E-state index is 12.4. The summed E-state index contributed by atoms with van der Waals surface area (Å²) in [5, 5.41) is 8.66. The number of hydrogen-bond donors (Lipinski definition) is 2. The molecule has 0 saturated carbocycles. The first-order chi connectivity index (χ1) is 11.3. The zero-order valence-electron chi connectivity index (χ0n) is 15.1. The zero-order chi connectivity index (χ0) is 18.8. The Morgan fingerprint density at radius 1 is 1.17 bits per heavy atom. The third-order valence-electron chi connectivity index (χ3n) is 4.02. The number of carbonyl (C=O) groups excluding carboxylic acids is 2. The molecule has 2 amide bonds. The van der Waals surface area contributed by atoms with E-state index in [0.29, 0.717) is 6.54 Å². The normalized spacial score (nSPS) is 20.6. The molecule has 1 fully saturated rings. The molecule has 0 aromatic rings. The minimum atomic E-state index is -0.855. The maximum Gasteiger partial charge on any atom is 0.244 e. The molecule has 0 spiro atoms. The lowest BCUT2D eigenvalue weighted by Gasteiger charge is -2.24. The molecule has 2 unspecified atom stereocenters. The van der Waals surface area contributed by atoms with Gasteiger partial charge in [0.05, 0.1) is 17.4 Å². The van der Waals surface area contributed by atoms with Crippen molar-refractivity contribution >= 4 is 46.9 Å². The minimum Gasteiger partial charge on any atom is -0.281 e. The van der Waals surface area contributed by atoms with Gasteiger partial charge in [0, 0.05) is 6.54 Å². The molecule has 7 heteroatoms. The number of amides is 2. The average Bonchev–Trinajstić information content (AvgIpc) is 2.80. The van der Waals surface area contributed by atoms with Crippen LogP contribution >= 0.6 is 35.1 Å². The van der Waals surface area contributed by atoms with Crippen LogP contribution in [0.4, 0.5) is 0 Å². The lowest BCUT2D eigenvalue weighted by molar-refractivity contribution is -0.140. The van der Waals surface area contributed by atoms with E-state index in [1.54, 1.807) is 13.8 Å². The zero-order valence-corrected chi connectivity index (χ0v) is 17.7. The summed E-state index contributed by atoms with van der Waals surface area (Å²) in [6.07, 6.45) is 5.36. The van der Waals surface area contributed by atoms with Gasteiger partial charge in [0.15, 0.2) is 0 Å². The van der Waals surface area contributed by atoms with E-state index in [2.05, 4.69) is 44.2 Å². The highest BCUT2D eigenvalue weighted by Gasteiger charge is 2.54. The first-order valence-electron chi connectivity index (χ1n) is 8.49. The van der Waals surface area contributed by atoms with Gasteiger partial charge in [0.2, 0.25) is 11.8 Å². The first-order valence-corrected chi connectivity index (χ1v) is 11.1. The minimum absolute atomic E-state index is 0.200. The van der Waals surface area contributed by atoms with Crippen molar-refractivity contribution in [2.45, 2.75) is 65.0 Å². The van der Waals surface area contributed by atoms with Crippen molar-refractivity contribution in [3.05, 3.63) is 0 Å². The second-order valence-electron chi connectivity index (χ2n) is 6.45. The number of rotatable bonds is 8. The fourth-order valence-corrected chi connectivity index (χ4v) is 4.21. The average molecular weight is 391 g/mol. The molecule has 24 heavy (non-hydrogen) atoms. The van der Waals surface area contributed by atoms with Gasteiger partial charge in [-0.3, -0.25) is 14.5 Å². The predicted octanol–water partition coefficient (Wildman–Crippen LogP) is 4.37. The molecule has 0 aromatic heterocycles. The number of unbranched alkanes of at least 4 members (excludes halogenated alkanes) is 3. The van der Waals surface area contributed by atoms with Crippen LogP contribution in [0.25, 0.3) is 0 Å². The van der Waals surface area contributed by atoms with E-state index in [-0.39, 0.29) is 11.8 Å². The van der Waals surface area contributed by atoms with Crippen molar-refractivity contribution in [3.63, 3.8) is 0 Å². The third kappa shape index (κ3) is 6.53. The van der Waals surface area contributed by atoms with E-state index in [1.807, 2.05) is 0 Å². The molecule has 0 N–H and O–H groups in total. The van der Waals surface area contributed by atoms with Gasteiger partial charge in [-0.15, -0.1) is 11.7 Å². The Bertz CT molecular complexity index is 448. The van der Waals surface area contributed by atoms with Crippen LogP contribution in [0.2, 0.25) is 0 Å². The van der Waals surface area contributed by atoms with Crippen LogP contribution in [0.15, 0.2) is 0 Å². The SMILES string of the molecule is CCCCCN1C(=O)C(SS)C(C(C)(C)C#N)C1=O.CCCCS. The second kappa shape index (κ2) is 12.1. The number of carbonyl (C=O) groups is 2. The molecule has 1 rings (SSSR count). The summed E-state index contributed by atoms with van der Waals surface area (Å²) >= 11 is 8.10. The van der Waals surface area contributed by atoms with E-state index in [4.69, 9.17) is 0 Å². The quantitative estimate of drug-likeness (QED) is 0.279. The molecule has 1 aliphatic rings. The van der Waals surface area contributed by atoms with Crippen molar-refractivity contribution in [1.29, 1.82) is 5.26 Å². The summed E-state index contributed by atoms with van der Waals surface area (Å²) in [5.74, 6) is 0.0130. The molecule has 1 heterocycles. The van der Waals surface area contributed by atoms with Crippen molar-refractivity contribution in [1.82, 2.24) is 4.90 Å². The molecular weight excluding hydrogens is 360 g/mol. The predicted molar refractivity (Wildman–Crippen MR) is 108 cm³/mol. The van der Waals surface area contributed by atoms with Crippen molar-refractivity contribution in [3.8, 4) is 6.07 Å². The molecule has 1 aliphatic heterocycles. The Kier molecular flexibility index (Phi) is 11.9. The fraction of sp³-hybridized carbons (Fsp3) is 0.824. The van der Waals surface area contributed by atoms with Crippen molar-refractivity contribution in [2.24, 2.45) is 11.3 Å². The molecule has 0 aliphatic carbocycles. The number of hydrogen-bond acceptors (Lipinski definition) is 6. The highest BCUT2D eigenvalue weighted by molar-refractivity contribution is 8.69. The van der Waals surface area contributed by atoms with Gasteiger partial charge in [-0.1, -0.05) is 43.9 Å². The second-order valence-corrected chi connectivity index (χ2v) is 8.25. The molecular formula is C17H30N2O2S3. The van der Waals surface area contributed by atoms with Gasteiger partial charge >= 0.3 is 0 Å². The largest absolute Gasteiger partial charge is 0.281 e. The summed E-state index contributed by atoms with van der Waals surface area (Å²) in [6.45, 7) is 8.09. The standard InChI is InChI=1S/C13H20N2O2S2.C4H10S/c1-4-5-6-7-15-11(16)9(13(2,3)8-14)10(19-18)12(15)17;1-2-3-4-5/h9-10,18H,4-7H2,1-3H3;5H,2-4H2,1H3. The lowest BCUT2D eigenvalue weighted by Crippen LogP contribution is -2.35. The summed E-state index contributed by atoms with van der Waals surface area (Å²) < 4.78 is 0. The van der Waals surface area contributed by atoms with Crippen LogP contribution in [0, 0.1) is 22.7 Å². The number of likely N-dealkylation sites (tertiary alicyclic amines) is 1. The van der Waals surface area contributed by atoms with Gasteiger partial charge in [-0.25, -0.2) is 0 Å². The number of nitrogens with zero attached hydrogens (tertiary/aromatic N) is 2. The Balaban J connectivity index is 0.000000922. The van der Waals surface area contributed by atoms with E-state index in [1.165, 1.54) is 17.7 Å². The first kappa shape index (κ1) is 23.7. The Labute approximate surface area is 161 Å². The van der Waals surface area contributed by atoms with Gasteiger partial charge in [0.1, 0.15) is 5.25 Å². The summed E-state index contributed by atoms with van der Waals surface area (Å²) in [6, 6.07) is 2.14. The van der Waals surface area contributed by atoms with E-state index >= 15 is 0 Å². The Morgan fingerprint density at radius 3 is 2.12 bits per heavy atom. The fourth-order valence-electron chi connectivity index (χ4n) is 2.46. The van der Waals surface area contributed by atoms with E-state index < -0.39 is 16.6 Å². The molecule has 138 valence electrons. The van der Waals surface area contributed by atoms with Crippen LogP contribution in [0.3, 0.4) is 0 Å². The highest BCUT2D eigenvalue weighted by Crippen LogP contribution is 2.42. The van der Waals surface area contributed by atoms with Crippen LogP contribution in [-0.2, 0) is 9.59 Å². The van der Waals surface area contributed by atoms with Gasteiger partial charge in [-0.2, -0.15) is 17.9 Å². The summed E-state index contributed by atoms with van der Waals surface area (Å²) in [4.78, 5) is 25.9. The molecule has 2 atom stereocenters. The number of imide groups is 1. The highest BCUT2D eigenvalue weighted by atomic mass is 33.1. The third-order valence-corrected chi connectivity index (χ3v) is 5.72. The summed E-state index contributed by atoms with van der Waals surface area (Å²) in [5.41, 5.74) is -0.855. The van der Waals surface area contributed by atoms with Crippen molar-refractivity contribution in [2.75, 3.05) is 12.3 Å². The van der Waals surface area contributed by atoms with Crippen LogP contribution < -0.4 is 0 Å². The Hall–Kier alpha value is -0.320. The van der Waals surface area contributed by atoms with Crippen LogP contribution in [0.1, 0.15) is 59.8 Å². The van der Waals surface area contributed by atoms with Crippen molar-refractivity contribution < 1.29 is 9.59 Å². The molecule has 4 nitrogen and oxygen atoms in total. The number of thiol groups is 2. The maximum atomic E-state index is 12.4. The van der Waals surface area contributed by atoms with Crippen LogP contribution in [0.5, 0.6) is 0 Å². The molecule has 0 aromatic carbocycles. The lowest BCUT2D eigenvalue weighted by atomic mass is 9.79. The van der Waals surface area contributed by atoms with Gasteiger partial charge < -0.3 is 0 Å². The Morgan fingerprint density at radius 2 is 1.75 bits per heavy atom. The molecule has 1 saturated heterocycles. The van der Waals surface area contributed by atoms with E-state index in [0.717, 1.165) is 35.8 Å². The topological polar surface area (TPSA) is 61.2 Å². The molecule has 0 bridgehead atoms. The number of nitriles is 1. The van der Waals surface area contributed by atoms with E-state index in [9.17, 15) is 14.9 Å².